The van der Waals surface area contributed by atoms with Gasteiger partial charge in [0.05, 0.1) is 18.3 Å². The summed E-state index contributed by atoms with van der Waals surface area (Å²) >= 11 is 0. The number of hydrogen-bond donors (Lipinski definition) is 1. The number of imidazole rings is 1. The van der Waals surface area contributed by atoms with Crippen molar-refractivity contribution in [2.24, 2.45) is 11.8 Å². The van der Waals surface area contributed by atoms with Crippen LogP contribution in [0.2, 0.25) is 0 Å². The molecule has 1 aliphatic heterocycles. The molecule has 0 saturated carbocycles. The number of nitrogens with zero attached hydrogens (tertiary/aromatic N) is 3. The molecule has 138 valence electrons. The topological polar surface area (TPSA) is 67.2 Å². The lowest BCUT2D eigenvalue weighted by Gasteiger charge is -2.20. The van der Waals surface area contributed by atoms with Gasteiger partial charge in [0.2, 0.25) is 11.8 Å². The van der Waals surface area contributed by atoms with Crippen LogP contribution in [0.5, 0.6) is 0 Å². The van der Waals surface area contributed by atoms with E-state index >= 15 is 0 Å². The Morgan fingerprint density at radius 2 is 2.00 bits per heavy atom. The van der Waals surface area contributed by atoms with Crippen LogP contribution in [0.1, 0.15) is 38.8 Å². The third kappa shape index (κ3) is 4.12. The van der Waals surface area contributed by atoms with Crippen LogP contribution in [0.3, 0.4) is 0 Å². The fraction of sp³-hybridized carbons (Fsp3) is 0.450. The van der Waals surface area contributed by atoms with Crippen molar-refractivity contribution in [3.8, 4) is 5.69 Å². The van der Waals surface area contributed by atoms with E-state index in [2.05, 4.69) is 24.1 Å². The van der Waals surface area contributed by atoms with Crippen molar-refractivity contribution in [2.45, 2.75) is 33.2 Å². The second-order valence-corrected chi connectivity index (χ2v) is 7.39. The van der Waals surface area contributed by atoms with Crippen LogP contribution in [0, 0.1) is 11.8 Å². The summed E-state index contributed by atoms with van der Waals surface area (Å²) in [4.78, 5) is 30.5. The summed E-state index contributed by atoms with van der Waals surface area (Å²) in [5.74, 6) is 0.189. The summed E-state index contributed by atoms with van der Waals surface area (Å²) in [5.41, 5.74) is 2.06. The third-order valence-corrected chi connectivity index (χ3v) is 4.73. The Hall–Kier alpha value is -2.63. The van der Waals surface area contributed by atoms with Gasteiger partial charge in [-0.3, -0.25) is 9.59 Å². The minimum atomic E-state index is -0.256. The fourth-order valence-electron chi connectivity index (χ4n) is 3.33. The van der Waals surface area contributed by atoms with Gasteiger partial charge in [-0.2, -0.15) is 0 Å². The quantitative estimate of drug-likeness (QED) is 0.867. The molecular weight excluding hydrogens is 328 g/mol. The molecule has 0 bridgehead atoms. The summed E-state index contributed by atoms with van der Waals surface area (Å²) in [6.45, 7) is 7.36. The molecule has 1 aliphatic rings. The molecule has 0 spiro atoms. The molecule has 0 radical (unpaired) electrons. The van der Waals surface area contributed by atoms with Crippen LogP contribution < -0.4 is 5.32 Å². The van der Waals surface area contributed by atoms with E-state index in [1.54, 1.807) is 17.4 Å². The maximum Gasteiger partial charge on any atom is 0.225 e. The van der Waals surface area contributed by atoms with Crippen molar-refractivity contribution in [2.75, 3.05) is 13.1 Å². The third-order valence-electron chi connectivity index (χ3n) is 4.73. The molecule has 26 heavy (non-hydrogen) atoms. The zero-order valence-corrected chi connectivity index (χ0v) is 15.6. The molecule has 1 fully saturated rings. The molecule has 6 nitrogen and oxygen atoms in total. The Labute approximate surface area is 154 Å². The molecular formula is C20H26N4O2. The smallest absolute Gasteiger partial charge is 0.225 e. The van der Waals surface area contributed by atoms with Crippen LogP contribution in [-0.4, -0.2) is 39.4 Å². The molecule has 1 saturated heterocycles. The molecule has 1 N–H and O–H groups in total. The Kier molecular flexibility index (Phi) is 5.40. The number of carbonyl (C=O) groups is 2. The van der Waals surface area contributed by atoms with Crippen molar-refractivity contribution in [3.63, 3.8) is 0 Å². The van der Waals surface area contributed by atoms with Crippen LogP contribution in [0.15, 0.2) is 43.0 Å². The maximum atomic E-state index is 12.6. The first kappa shape index (κ1) is 18.2. The number of benzene rings is 1. The molecule has 6 heteroatoms. The zero-order valence-electron chi connectivity index (χ0n) is 15.6. The maximum absolute atomic E-state index is 12.6. The molecule has 2 atom stereocenters. The Morgan fingerprint density at radius 3 is 2.62 bits per heavy atom. The molecule has 2 amide bonds. The van der Waals surface area contributed by atoms with E-state index in [9.17, 15) is 9.59 Å². The molecule has 0 aliphatic carbocycles. The average molecular weight is 354 g/mol. The van der Waals surface area contributed by atoms with Gasteiger partial charge < -0.3 is 14.8 Å². The van der Waals surface area contributed by atoms with Crippen molar-refractivity contribution in [3.05, 3.63) is 48.5 Å². The van der Waals surface area contributed by atoms with Gasteiger partial charge in [-0.05, 0) is 30.5 Å². The lowest BCUT2D eigenvalue weighted by molar-refractivity contribution is -0.129. The highest BCUT2D eigenvalue weighted by Crippen LogP contribution is 2.21. The van der Waals surface area contributed by atoms with Gasteiger partial charge in [0.1, 0.15) is 0 Å². The molecule has 2 aromatic rings. The monoisotopic (exact) mass is 354 g/mol. The SMILES string of the molecule is CC(C)CN1CC(C(=O)NC(C)c2ccc(-n3ccnc3)cc2)CC1=O. The minimum Gasteiger partial charge on any atom is -0.349 e. The fourth-order valence-corrected chi connectivity index (χ4v) is 3.33. The van der Waals surface area contributed by atoms with Crippen LogP contribution in [-0.2, 0) is 9.59 Å². The van der Waals surface area contributed by atoms with Gasteiger partial charge in [0.25, 0.3) is 0 Å². The second kappa shape index (κ2) is 7.72. The Morgan fingerprint density at radius 1 is 1.27 bits per heavy atom. The number of likely N-dealkylation sites (tertiary alicyclic amines) is 1. The number of carbonyl (C=O) groups excluding carboxylic acids is 2. The van der Waals surface area contributed by atoms with Crippen molar-refractivity contribution >= 4 is 11.8 Å². The molecule has 2 heterocycles. The molecule has 3 rings (SSSR count). The number of nitrogens with one attached hydrogen (secondary N) is 1. The lowest BCUT2D eigenvalue weighted by Crippen LogP contribution is -2.35. The highest BCUT2D eigenvalue weighted by Gasteiger charge is 2.34. The van der Waals surface area contributed by atoms with Gasteiger partial charge in [0.15, 0.2) is 0 Å². The Bertz CT molecular complexity index is 753. The first-order valence-electron chi connectivity index (χ1n) is 9.10. The van der Waals surface area contributed by atoms with E-state index in [4.69, 9.17) is 0 Å². The molecule has 2 unspecified atom stereocenters. The summed E-state index contributed by atoms with van der Waals surface area (Å²) in [5, 5.41) is 3.05. The lowest BCUT2D eigenvalue weighted by atomic mass is 10.0. The van der Waals surface area contributed by atoms with E-state index in [1.807, 2.05) is 42.0 Å². The largest absolute Gasteiger partial charge is 0.349 e. The van der Waals surface area contributed by atoms with E-state index in [0.717, 1.165) is 11.3 Å². The zero-order chi connectivity index (χ0) is 18.7. The minimum absolute atomic E-state index is 0.0456. The number of amides is 2. The average Bonchev–Trinajstić information content (AvgIpc) is 3.25. The number of hydrogen-bond acceptors (Lipinski definition) is 3. The van der Waals surface area contributed by atoms with E-state index in [0.29, 0.717) is 25.4 Å². The predicted octanol–water partition coefficient (Wildman–Crippen LogP) is 2.55. The van der Waals surface area contributed by atoms with Crippen molar-refractivity contribution < 1.29 is 9.59 Å². The summed E-state index contributed by atoms with van der Waals surface area (Å²) in [6, 6.07) is 7.91. The van der Waals surface area contributed by atoms with Gasteiger partial charge in [-0.15, -0.1) is 0 Å². The molecule has 1 aromatic carbocycles. The van der Waals surface area contributed by atoms with Gasteiger partial charge >= 0.3 is 0 Å². The number of rotatable bonds is 6. The van der Waals surface area contributed by atoms with Gasteiger partial charge in [0, 0.05) is 37.6 Å². The van der Waals surface area contributed by atoms with Crippen LogP contribution in [0.25, 0.3) is 5.69 Å². The van der Waals surface area contributed by atoms with E-state index < -0.39 is 0 Å². The highest BCUT2D eigenvalue weighted by atomic mass is 16.2. The Balaban J connectivity index is 1.58. The van der Waals surface area contributed by atoms with Crippen molar-refractivity contribution in [1.29, 1.82) is 0 Å². The van der Waals surface area contributed by atoms with Crippen LogP contribution in [0.4, 0.5) is 0 Å². The normalized spacial score (nSPS) is 18.4. The van der Waals surface area contributed by atoms with Crippen molar-refractivity contribution in [1.82, 2.24) is 19.8 Å². The molecule has 1 aromatic heterocycles. The van der Waals surface area contributed by atoms with E-state index in [-0.39, 0.29) is 23.8 Å². The van der Waals surface area contributed by atoms with Gasteiger partial charge in [-0.1, -0.05) is 26.0 Å². The summed E-state index contributed by atoms with van der Waals surface area (Å²) in [6.07, 6.45) is 5.69. The van der Waals surface area contributed by atoms with E-state index in [1.165, 1.54) is 0 Å². The standard InChI is InChI=1S/C20H26N4O2/c1-14(2)11-24-12-17(10-19(24)25)20(26)22-15(3)16-4-6-18(7-5-16)23-9-8-21-13-23/h4-9,13-15,17H,10-12H2,1-3H3,(H,22,26). The second-order valence-electron chi connectivity index (χ2n) is 7.39. The first-order valence-corrected chi connectivity index (χ1v) is 9.10. The summed E-state index contributed by atoms with van der Waals surface area (Å²) < 4.78 is 1.93. The van der Waals surface area contributed by atoms with Gasteiger partial charge in [-0.25, -0.2) is 4.98 Å². The van der Waals surface area contributed by atoms with Crippen LogP contribution >= 0.6 is 0 Å². The highest BCUT2D eigenvalue weighted by molar-refractivity contribution is 5.89. The number of aromatic nitrogens is 2. The predicted molar refractivity (Wildman–Crippen MR) is 99.6 cm³/mol. The summed E-state index contributed by atoms with van der Waals surface area (Å²) in [7, 11) is 0. The first-order chi connectivity index (χ1) is 12.4.